The van der Waals surface area contributed by atoms with E-state index in [0.717, 1.165) is 17.8 Å². The zero-order valence-electron chi connectivity index (χ0n) is 12.7. The fourth-order valence-corrected chi connectivity index (χ4v) is 5.63. The number of halogens is 1. The van der Waals surface area contributed by atoms with Crippen LogP contribution in [-0.2, 0) is 10.0 Å². The van der Waals surface area contributed by atoms with Gasteiger partial charge in [0.2, 0.25) is 10.0 Å². The van der Waals surface area contributed by atoms with E-state index in [-0.39, 0.29) is 16.1 Å². The van der Waals surface area contributed by atoms with Gasteiger partial charge in [-0.1, -0.05) is 35.5 Å². The van der Waals surface area contributed by atoms with Gasteiger partial charge in [-0.15, -0.1) is 0 Å². The maximum absolute atomic E-state index is 12.6. The van der Waals surface area contributed by atoms with Crippen LogP contribution in [0.1, 0.15) is 15.9 Å². The first-order valence-electron chi connectivity index (χ1n) is 6.97. The number of ketones is 1. The Bertz CT molecular complexity index is 1010. The van der Waals surface area contributed by atoms with Gasteiger partial charge in [-0.3, -0.25) is 14.9 Å². The van der Waals surface area contributed by atoms with E-state index in [9.17, 15) is 23.3 Å². The van der Waals surface area contributed by atoms with E-state index in [4.69, 9.17) is 11.6 Å². The molecule has 1 unspecified atom stereocenters. The van der Waals surface area contributed by atoms with Gasteiger partial charge in [-0.25, -0.2) is 8.42 Å². The summed E-state index contributed by atoms with van der Waals surface area (Å²) in [7, 11) is -3.89. The van der Waals surface area contributed by atoms with Crippen LogP contribution >= 0.6 is 23.4 Å². The van der Waals surface area contributed by atoms with Gasteiger partial charge in [-0.2, -0.15) is 4.72 Å². The summed E-state index contributed by atoms with van der Waals surface area (Å²) in [5.74, 6) is -0.570. The minimum atomic E-state index is -3.89. The molecule has 1 aliphatic rings. The van der Waals surface area contributed by atoms with Crippen LogP contribution in [-0.4, -0.2) is 24.5 Å². The molecule has 1 aliphatic heterocycles. The van der Waals surface area contributed by atoms with Crippen molar-refractivity contribution in [3.8, 4) is 0 Å². The number of nitrogens with zero attached hydrogens (tertiary/aromatic N) is 1. The fraction of sp³-hybridized carbons (Fsp3) is 0.133. The molecule has 10 heteroatoms. The van der Waals surface area contributed by atoms with Gasteiger partial charge in [0.05, 0.1) is 9.82 Å². The Kier molecular flexibility index (Phi) is 4.58. The first-order chi connectivity index (χ1) is 11.7. The number of nitrogens with one attached hydrogen (secondary N) is 1. The van der Waals surface area contributed by atoms with Gasteiger partial charge in [0.1, 0.15) is 5.37 Å². The normalized spacial score (nSPS) is 18.4. The van der Waals surface area contributed by atoms with Gasteiger partial charge in [0.25, 0.3) is 5.69 Å². The number of hydrogen-bond donors (Lipinski definition) is 1. The number of nitro groups is 1. The molecular formula is C15H11ClN2O5S2. The maximum atomic E-state index is 12.6. The van der Waals surface area contributed by atoms with Gasteiger partial charge in [0.15, 0.2) is 5.78 Å². The Morgan fingerprint density at radius 2 is 2.04 bits per heavy atom. The Hall–Kier alpha value is -1.94. The predicted octanol–water partition coefficient (Wildman–Crippen LogP) is 3.15. The lowest BCUT2D eigenvalue weighted by Gasteiger charge is -2.25. The molecule has 0 bridgehead atoms. The van der Waals surface area contributed by atoms with Gasteiger partial charge >= 0.3 is 0 Å². The smallest absolute Gasteiger partial charge is 0.270 e. The van der Waals surface area contributed by atoms with Crippen LogP contribution in [0.2, 0.25) is 5.02 Å². The van der Waals surface area contributed by atoms with E-state index in [1.807, 2.05) is 0 Å². The molecule has 2 aromatic rings. The first-order valence-corrected chi connectivity index (χ1v) is 9.71. The summed E-state index contributed by atoms with van der Waals surface area (Å²) in [5, 5.41) is 10.1. The number of Topliss-reactive ketones (excluding diaryl/α,β-unsaturated/α-hetero) is 1. The second-order valence-electron chi connectivity index (χ2n) is 5.34. The Morgan fingerprint density at radius 3 is 2.72 bits per heavy atom. The van der Waals surface area contributed by atoms with E-state index in [2.05, 4.69) is 4.72 Å². The van der Waals surface area contributed by atoms with Crippen molar-refractivity contribution in [2.75, 3.05) is 0 Å². The van der Waals surface area contributed by atoms with Gasteiger partial charge < -0.3 is 0 Å². The van der Waals surface area contributed by atoms with Crippen LogP contribution in [0.4, 0.5) is 5.69 Å². The Balaban J connectivity index is 2.00. The highest BCUT2D eigenvalue weighted by Gasteiger charge is 2.35. The van der Waals surface area contributed by atoms with Crippen molar-refractivity contribution in [2.45, 2.75) is 22.1 Å². The van der Waals surface area contributed by atoms with E-state index in [1.165, 1.54) is 30.3 Å². The van der Waals surface area contributed by atoms with Crippen molar-refractivity contribution in [1.82, 2.24) is 4.72 Å². The number of sulfonamides is 1. The fourth-order valence-electron chi connectivity index (χ4n) is 2.33. The number of aryl methyl sites for hydroxylation is 1. The number of thioether (sulfide) groups is 1. The van der Waals surface area contributed by atoms with Gasteiger partial charge in [-0.05, 0) is 24.6 Å². The summed E-state index contributed by atoms with van der Waals surface area (Å²) in [5.41, 5.74) is 0.416. The molecule has 1 atom stereocenters. The standard InChI is InChI=1S/C15H11ClN2O5S2/c1-8-5-13-12(7-11(8)16)24-15(17-25(13,22)23)14(19)9-3-2-4-10(6-9)18(20)21/h2-7,15,17H,1H3. The molecule has 1 N–H and O–H groups in total. The van der Waals surface area contributed by atoms with Crippen LogP contribution in [0.5, 0.6) is 0 Å². The number of benzene rings is 2. The van der Waals surface area contributed by atoms with Crippen molar-refractivity contribution in [3.63, 3.8) is 0 Å². The molecule has 0 aliphatic carbocycles. The molecule has 0 radical (unpaired) electrons. The zero-order chi connectivity index (χ0) is 18.4. The van der Waals surface area contributed by atoms with Crippen molar-refractivity contribution in [1.29, 1.82) is 0 Å². The minimum Gasteiger partial charge on any atom is -0.291 e. The molecule has 25 heavy (non-hydrogen) atoms. The SMILES string of the molecule is Cc1cc2c(cc1Cl)SC(C(=O)c1cccc([N+](=O)[O-])c1)NS2(=O)=O. The molecule has 0 saturated heterocycles. The number of nitro benzene ring substituents is 1. The van der Waals surface area contributed by atoms with Crippen LogP contribution < -0.4 is 4.72 Å². The third kappa shape index (κ3) is 3.40. The third-order valence-electron chi connectivity index (χ3n) is 3.60. The lowest BCUT2D eigenvalue weighted by atomic mass is 10.1. The second-order valence-corrected chi connectivity index (χ2v) is 8.58. The molecule has 3 rings (SSSR count). The summed E-state index contributed by atoms with van der Waals surface area (Å²) >= 11 is 7.06. The second kappa shape index (κ2) is 6.41. The molecule has 0 saturated carbocycles. The number of fused-ring (bicyclic) bond motifs is 1. The number of rotatable bonds is 3. The van der Waals surface area contributed by atoms with Crippen molar-refractivity contribution in [3.05, 3.63) is 62.7 Å². The number of carbonyl (C=O) groups is 1. The van der Waals surface area contributed by atoms with Crippen LogP contribution in [0.3, 0.4) is 0 Å². The summed E-state index contributed by atoms with van der Waals surface area (Å²) in [6.45, 7) is 1.68. The monoisotopic (exact) mass is 398 g/mol. The molecule has 130 valence electrons. The molecule has 1 heterocycles. The van der Waals surface area contributed by atoms with Gasteiger partial charge in [0, 0.05) is 27.6 Å². The average Bonchev–Trinajstić information content (AvgIpc) is 2.55. The molecule has 2 aromatic carbocycles. The first kappa shape index (κ1) is 17.9. The maximum Gasteiger partial charge on any atom is 0.270 e. The predicted molar refractivity (Wildman–Crippen MR) is 93.6 cm³/mol. The highest BCUT2D eigenvalue weighted by molar-refractivity contribution is 8.03. The molecule has 0 aromatic heterocycles. The van der Waals surface area contributed by atoms with Crippen molar-refractivity contribution < 1.29 is 18.1 Å². The van der Waals surface area contributed by atoms with Crippen molar-refractivity contribution in [2.24, 2.45) is 0 Å². The number of non-ortho nitro benzene ring substituents is 1. The van der Waals surface area contributed by atoms with Crippen LogP contribution in [0.15, 0.2) is 46.2 Å². The summed E-state index contributed by atoms with van der Waals surface area (Å²) in [6, 6.07) is 8.11. The van der Waals surface area contributed by atoms with Crippen LogP contribution in [0, 0.1) is 17.0 Å². The topological polar surface area (TPSA) is 106 Å². The van der Waals surface area contributed by atoms with E-state index in [1.54, 1.807) is 6.92 Å². The number of hydrogen-bond acceptors (Lipinski definition) is 6. The lowest BCUT2D eigenvalue weighted by molar-refractivity contribution is -0.384. The quantitative estimate of drug-likeness (QED) is 0.483. The molecular weight excluding hydrogens is 388 g/mol. The molecule has 7 nitrogen and oxygen atoms in total. The molecule has 0 spiro atoms. The highest BCUT2D eigenvalue weighted by Crippen LogP contribution is 2.38. The van der Waals surface area contributed by atoms with Crippen LogP contribution in [0.25, 0.3) is 0 Å². The highest BCUT2D eigenvalue weighted by atomic mass is 35.5. The summed E-state index contributed by atoms with van der Waals surface area (Å²) in [4.78, 5) is 23.3. The average molecular weight is 399 g/mol. The van der Waals surface area contributed by atoms with E-state index >= 15 is 0 Å². The summed E-state index contributed by atoms with van der Waals surface area (Å²) < 4.78 is 27.2. The van der Waals surface area contributed by atoms with Crippen molar-refractivity contribution >= 4 is 44.9 Å². The van der Waals surface area contributed by atoms with E-state index < -0.39 is 26.1 Å². The lowest BCUT2D eigenvalue weighted by Crippen LogP contribution is -2.41. The largest absolute Gasteiger partial charge is 0.291 e. The number of carbonyl (C=O) groups excluding carboxylic acids is 1. The zero-order valence-corrected chi connectivity index (χ0v) is 15.1. The molecule has 0 fully saturated rings. The Labute approximate surface area is 152 Å². The summed E-state index contributed by atoms with van der Waals surface area (Å²) in [6.07, 6.45) is 0. The molecule has 0 amide bonds. The Morgan fingerprint density at radius 1 is 1.32 bits per heavy atom. The third-order valence-corrected chi connectivity index (χ3v) is 6.91. The minimum absolute atomic E-state index is 0.0519. The van der Waals surface area contributed by atoms with E-state index in [0.29, 0.717) is 15.5 Å².